The number of nitro groups is 1. The number of rotatable bonds is 9. The molecule has 0 radical (unpaired) electrons. The summed E-state index contributed by atoms with van der Waals surface area (Å²) < 4.78 is 25.8. The lowest BCUT2D eigenvalue weighted by Crippen LogP contribution is -2.29. The number of ketones is 1. The van der Waals surface area contributed by atoms with Crippen molar-refractivity contribution in [1.29, 1.82) is 0 Å². The predicted molar refractivity (Wildman–Crippen MR) is 74.8 cm³/mol. The fourth-order valence-electron chi connectivity index (χ4n) is 1.53. The fraction of sp³-hybridized carbons (Fsp3) is 0.333. The summed E-state index contributed by atoms with van der Waals surface area (Å²) in [7, 11) is -3.95. The van der Waals surface area contributed by atoms with Crippen molar-refractivity contribution in [3.8, 4) is 0 Å². The first-order valence-electron chi connectivity index (χ1n) is 6.20. The molecule has 120 valence electrons. The summed E-state index contributed by atoms with van der Waals surface area (Å²) in [5.41, 5.74) is -0.247. The summed E-state index contributed by atoms with van der Waals surface area (Å²) in [6, 6.07) is 4.22. The van der Waals surface area contributed by atoms with E-state index in [4.69, 9.17) is 5.11 Å². The Labute approximate surface area is 126 Å². The van der Waals surface area contributed by atoms with E-state index in [1.807, 2.05) is 0 Å². The number of nitro benzene ring substituents is 1. The van der Waals surface area contributed by atoms with Gasteiger partial charge in [-0.3, -0.25) is 19.7 Å². The quantitative estimate of drug-likeness (QED) is 0.501. The van der Waals surface area contributed by atoms with E-state index in [2.05, 4.69) is 4.72 Å². The van der Waals surface area contributed by atoms with Crippen LogP contribution < -0.4 is 4.72 Å². The summed E-state index contributed by atoms with van der Waals surface area (Å²) >= 11 is 0. The van der Waals surface area contributed by atoms with Crippen LogP contribution in [0, 0.1) is 10.1 Å². The molecule has 2 N–H and O–H groups in total. The van der Waals surface area contributed by atoms with Crippen LogP contribution >= 0.6 is 0 Å². The number of benzene rings is 1. The van der Waals surface area contributed by atoms with E-state index in [0.29, 0.717) is 0 Å². The van der Waals surface area contributed by atoms with Crippen LogP contribution in [0.2, 0.25) is 0 Å². The fourth-order valence-corrected chi connectivity index (χ4v) is 2.54. The lowest BCUT2D eigenvalue weighted by molar-refractivity contribution is -0.384. The Kier molecular flexibility index (Phi) is 6.13. The van der Waals surface area contributed by atoms with E-state index < -0.39 is 33.2 Å². The van der Waals surface area contributed by atoms with Gasteiger partial charge in [0.2, 0.25) is 10.0 Å². The van der Waals surface area contributed by atoms with Crippen molar-refractivity contribution in [1.82, 2.24) is 4.72 Å². The van der Waals surface area contributed by atoms with Crippen molar-refractivity contribution in [2.45, 2.75) is 24.2 Å². The highest BCUT2D eigenvalue weighted by atomic mass is 32.2. The van der Waals surface area contributed by atoms with Crippen molar-refractivity contribution in [3.63, 3.8) is 0 Å². The molecule has 0 unspecified atom stereocenters. The molecule has 0 aromatic heterocycles. The lowest BCUT2D eigenvalue weighted by atomic mass is 10.2. The Balaban J connectivity index is 2.58. The molecule has 1 aromatic carbocycles. The van der Waals surface area contributed by atoms with Gasteiger partial charge in [-0.25, -0.2) is 13.1 Å². The Morgan fingerprint density at radius 2 is 1.77 bits per heavy atom. The molecule has 1 aromatic rings. The van der Waals surface area contributed by atoms with Crippen LogP contribution in [0.15, 0.2) is 29.2 Å². The number of nitrogens with one attached hydrogen (secondary N) is 1. The second-order valence-corrected chi connectivity index (χ2v) is 6.13. The molecule has 9 nitrogen and oxygen atoms in total. The number of carboxylic acid groups (broad SMARTS) is 1. The van der Waals surface area contributed by atoms with E-state index in [9.17, 15) is 28.1 Å². The van der Waals surface area contributed by atoms with Crippen molar-refractivity contribution in [2.24, 2.45) is 0 Å². The molecular weight excluding hydrogens is 316 g/mol. The number of nitrogens with zero attached hydrogens (tertiary/aromatic N) is 1. The standard InChI is InChI=1S/C12H14N2O7S/c15-10(2-1-3-12(16)17)8-13-22(20,21)11-6-4-9(5-7-11)14(18)19/h4-7,13H,1-3,8H2,(H,16,17). The summed E-state index contributed by atoms with van der Waals surface area (Å²) in [6.45, 7) is -0.459. The van der Waals surface area contributed by atoms with Gasteiger partial charge in [-0.05, 0) is 18.6 Å². The third-order valence-electron chi connectivity index (χ3n) is 2.66. The topological polar surface area (TPSA) is 144 Å². The Bertz CT molecular complexity index is 667. The molecule has 0 aliphatic heterocycles. The molecule has 0 spiro atoms. The van der Waals surface area contributed by atoms with Crippen molar-refractivity contribution in [3.05, 3.63) is 34.4 Å². The number of carboxylic acids is 1. The molecule has 1 rings (SSSR count). The minimum Gasteiger partial charge on any atom is -0.481 e. The number of aliphatic carboxylic acids is 1. The first-order valence-corrected chi connectivity index (χ1v) is 7.68. The van der Waals surface area contributed by atoms with Crippen LogP contribution in [0.5, 0.6) is 0 Å². The zero-order valence-electron chi connectivity index (χ0n) is 11.4. The number of hydrogen-bond donors (Lipinski definition) is 2. The average molecular weight is 330 g/mol. The number of hydrogen-bond acceptors (Lipinski definition) is 6. The molecule has 22 heavy (non-hydrogen) atoms. The zero-order chi connectivity index (χ0) is 16.8. The van der Waals surface area contributed by atoms with Crippen LogP contribution in [0.1, 0.15) is 19.3 Å². The van der Waals surface area contributed by atoms with Gasteiger partial charge in [0, 0.05) is 25.0 Å². The molecule has 0 aliphatic carbocycles. The molecule has 10 heteroatoms. The normalized spacial score (nSPS) is 11.1. The van der Waals surface area contributed by atoms with Gasteiger partial charge in [0.1, 0.15) is 5.78 Å². The molecular formula is C12H14N2O7S. The third kappa shape index (κ3) is 5.58. The van der Waals surface area contributed by atoms with Gasteiger partial charge in [-0.2, -0.15) is 0 Å². The Morgan fingerprint density at radius 1 is 1.18 bits per heavy atom. The Hall–Kier alpha value is -2.33. The largest absolute Gasteiger partial charge is 0.481 e. The molecule has 0 fully saturated rings. The van der Waals surface area contributed by atoms with Crippen molar-refractivity contribution < 1.29 is 28.0 Å². The van der Waals surface area contributed by atoms with Crippen LogP contribution in [0.3, 0.4) is 0 Å². The van der Waals surface area contributed by atoms with Gasteiger partial charge in [-0.1, -0.05) is 0 Å². The minimum atomic E-state index is -3.95. The first kappa shape index (κ1) is 17.7. The molecule has 0 saturated heterocycles. The SMILES string of the molecule is O=C(O)CCCC(=O)CNS(=O)(=O)c1ccc([N+](=O)[O-])cc1. The monoisotopic (exact) mass is 330 g/mol. The summed E-state index contributed by atoms with van der Waals surface area (Å²) in [5.74, 6) is -1.47. The maximum atomic E-state index is 11.9. The number of non-ortho nitro benzene ring substituents is 1. The summed E-state index contributed by atoms with van der Waals surface area (Å²) in [6.07, 6.45) is -0.0800. The van der Waals surface area contributed by atoms with E-state index in [1.165, 1.54) is 0 Å². The van der Waals surface area contributed by atoms with Crippen LogP contribution in [-0.2, 0) is 19.6 Å². The van der Waals surface area contributed by atoms with Crippen LogP contribution in [0.25, 0.3) is 0 Å². The third-order valence-corrected chi connectivity index (χ3v) is 4.08. The first-order chi connectivity index (χ1) is 10.2. The predicted octanol–water partition coefficient (Wildman–Crippen LogP) is 0.697. The molecule has 0 atom stereocenters. The highest BCUT2D eigenvalue weighted by Gasteiger charge is 2.17. The van der Waals surface area contributed by atoms with Gasteiger partial charge in [0.25, 0.3) is 5.69 Å². The zero-order valence-corrected chi connectivity index (χ0v) is 12.2. The van der Waals surface area contributed by atoms with E-state index in [1.54, 1.807) is 0 Å². The van der Waals surface area contributed by atoms with E-state index >= 15 is 0 Å². The summed E-state index contributed by atoms with van der Waals surface area (Å²) in [5, 5.41) is 18.9. The number of sulfonamides is 1. The van der Waals surface area contributed by atoms with Crippen LogP contribution in [-0.4, -0.2) is 36.7 Å². The van der Waals surface area contributed by atoms with Gasteiger partial charge in [0.15, 0.2) is 0 Å². The highest BCUT2D eigenvalue weighted by molar-refractivity contribution is 7.89. The van der Waals surface area contributed by atoms with Gasteiger partial charge in [-0.15, -0.1) is 0 Å². The van der Waals surface area contributed by atoms with Gasteiger partial charge >= 0.3 is 5.97 Å². The average Bonchev–Trinajstić information content (AvgIpc) is 2.45. The molecule has 0 heterocycles. The molecule has 0 bridgehead atoms. The smallest absolute Gasteiger partial charge is 0.303 e. The van der Waals surface area contributed by atoms with Gasteiger partial charge < -0.3 is 5.11 Å². The van der Waals surface area contributed by atoms with Crippen molar-refractivity contribution in [2.75, 3.05) is 6.54 Å². The Morgan fingerprint density at radius 3 is 2.27 bits per heavy atom. The van der Waals surface area contributed by atoms with Crippen LogP contribution in [0.4, 0.5) is 5.69 Å². The summed E-state index contributed by atoms with van der Waals surface area (Å²) in [4.78, 5) is 31.3. The van der Waals surface area contributed by atoms with Crippen molar-refractivity contribution >= 4 is 27.5 Å². The maximum Gasteiger partial charge on any atom is 0.303 e. The number of carbonyl (C=O) groups excluding carboxylic acids is 1. The second kappa shape index (κ2) is 7.61. The number of Topliss-reactive ketones (excluding diaryl/α,β-unsaturated/α-hetero) is 1. The minimum absolute atomic E-state index is 0.0465. The van der Waals surface area contributed by atoms with Gasteiger partial charge in [0.05, 0.1) is 16.4 Å². The number of carbonyl (C=O) groups is 2. The molecule has 0 aliphatic rings. The molecule has 0 saturated carbocycles. The molecule has 0 amide bonds. The lowest BCUT2D eigenvalue weighted by Gasteiger charge is -2.06. The highest BCUT2D eigenvalue weighted by Crippen LogP contribution is 2.15. The van der Waals surface area contributed by atoms with E-state index in [-0.39, 0.29) is 29.8 Å². The van der Waals surface area contributed by atoms with E-state index in [0.717, 1.165) is 24.3 Å². The maximum absolute atomic E-state index is 11.9. The second-order valence-electron chi connectivity index (χ2n) is 4.36.